The lowest BCUT2D eigenvalue weighted by atomic mass is 10.1. The number of nitro benzene ring substituents is 1. The molecule has 1 unspecified atom stereocenters. The van der Waals surface area contributed by atoms with Crippen molar-refractivity contribution in [2.24, 2.45) is 5.92 Å². The molecule has 1 atom stereocenters. The zero-order valence-corrected chi connectivity index (χ0v) is 11.2. The van der Waals surface area contributed by atoms with Gasteiger partial charge in [-0.05, 0) is 18.4 Å². The summed E-state index contributed by atoms with van der Waals surface area (Å²) in [6.45, 7) is 0.189. The van der Waals surface area contributed by atoms with Crippen LogP contribution in [0.15, 0.2) is 23.1 Å². The van der Waals surface area contributed by atoms with Crippen molar-refractivity contribution >= 4 is 15.7 Å². The number of hydrogen-bond donors (Lipinski definition) is 1. The van der Waals surface area contributed by atoms with E-state index in [4.69, 9.17) is 5.11 Å². The molecule has 0 saturated carbocycles. The van der Waals surface area contributed by atoms with E-state index >= 15 is 0 Å². The second-order valence-electron chi connectivity index (χ2n) is 4.57. The monoisotopic (exact) mass is 304 g/mol. The van der Waals surface area contributed by atoms with Crippen molar-refractivity contribution in [2.45, 2.75) is 11.3 Å². The molecule has 2 rings (SSSR count). The van der Waals surface area contributed by atoms with Crippen LogP contribution in [-0.2, 0) is 10.0 Å². The van der Waals surface area contributed by atoms with Crippen molar-refractivity contribution in [3.05, 3.63) is 34.1 Å². The van der Waals surface area contributed by atoms with E-state index in [-0.39, 0.29) is 25.6 Å². The topological polar surface area (TPSA) is 101 Å². The summed E-state index contributed by atoms with van der Waals surface area (Å²) >= 11 is 0. The molecule has 0 bridgehead atoms. The summed E-state index contributed by atoms with van der Waals surface area (Å²) in [4.78, 5) is 9.13. The van der Waals surface area contributed by atoms with Crippen LogP contribution in [0.4, 0.5) is 10.1 Å². The second-order valence-corrected chi connectivity index (χ2v) is 6.48. The SMILES string of the molecule is O=[N+]([O-])c1ccc(S(=O)(=O)N2CCC(CO)C2)c(F)c1. The molecule has 0 aromatic heterocycles. The number of hydrogen-bond acceptors (Lipinski definition) is 5. The van der Waals surface area contributed by atoms with E-state index < -0.39 is 31.3 Å². The number of non-ortho nitro benzene ring substituents is 1. The van der Waals surface area contributed by atoms with Crippen LogP contribution >= 0.6 is 0 Å². The van der Waals surface area contributed by atoms with E-state index in [2.05, 4.69) is 0 Å². The lowest BCUT2D eigenvalue weighted by Crippen LogP contribution is -2.30. The Kier molecular flexibility index (Phi) is 4.02. The van der Waals surface area contributed by atoms with Gasteiger partial charge in [0, 0.05) is 25.8 Å². The number of sulfonamides is 1. The molecule has 0 spiro atoms. The highest BCUT2D eigenvalue weighted by Gasteiger charge is 2.34. The minimum atomic E-state index is -4.03. The molecular weight excluding hydrogens is 291 g/mol. The molecule has 1 aromatic carbocycles. The molecule has 110 valence electrons. The van der Waals surface area contributed by atoms with Crippen LogP contribution in [0, 0.1) is 21.8 Å². The second kappa shape index (κ2) is 5.43. The van der Waals surface area contributed by atoms with E-state index in [1.807, 2.05) is 0 Å². The van der Waals surface area contributed by atoms with Crippen LogP contribution in [0.2, 0.25) is 0 Å². The van der Waals surface area contributed by atoms with Gasteiger partial charge in [0.2, 0.25) is 10.0 Å². The Balaban J connectivity index is 2.33. The summed E-state index contributed by atoms with van der Waals surface area (Å²) in [6.07, 6.45) is 0.504. The van der Waals surface area contributed by atoms with Gasteiger partial charge in [-0.15, -0.1) is 0 Å². The zero-order chi connectivity index (χ0) is 14.9. The van der Waals surface area contributed by atoms with E-state index in [1.54, 1.807) is 0 Å². The van der Waals surface area contributed by atoms with Gasteiger partial charge in [0.05, 0.1) is 11.0 Å². The fourth-order valence-corrected chi connectivity index (χ4v) is 3.69. The maximum absolute atomic E-state index is 13.8. The van der Waals surface area contributed by atoms with E-state index in [1.165, 1.54) is 0 Å². The highest BCUT2D eigenvalue weighted by atomic mass is 32.2. The minimum Gasteiger partial charge on any atom is -0.396 e. The quantitative estimate of drug-likeness (QED) is 0.653. The van der Waals surface area contributed by atoms with Crippen LogP contribution in [0.25, 0.3) is 0 Å². The standard InChI is InChI=1S/C11H13FN2O5S/c12-10-5-9(14(16)17)1-2-11(10)20(18,19)13-4-3-8(6-13)7-15/h1-2,5,8,15H,3-4,6-7H2. The first-order chi connectivity index (χ1) is 9.36. The van der Waals surface area contributed by atoms with Gasteiger partial charge in [-0.2, -0.15) is 4.31 Å². The molecule has 7 nitrogen and oxygen atoms in total. The average Bonchev–Trinajstić information content (AvgIpc) is 2.87. The Bertz CT molecular complexity index is 634. The smallest absolute Gasteiger partial charge is 0.272 e. The fourth-order valence-electron chi connectivity index (χ4n) is 2.12. The fraction of sp³-hybridized carbons (Fsp3) is 0.455. The Labute approximate surface area is 114 Å². The summed E-state index contributed by atoms with van der Waals surface area (Å²) in [5.74, 6) is -1.31. The molecular formula is C11H13FN2O5S. The third-order valence-corrected chi connectivity index (χ3v) is 5.15. The highest BCUT2D eigenvalue weighted by Crippen LogP contribution is 2.27. The summed E-state index contributed by atoms with van der Waals surface area (Å²) < 4.78 is 39.3. The van der Waals surface area contributed by atoms with Gasteiger partial charge in [-0.25, -0.2) is 12.8 Å². The molecule has 1 fully saturated rings. The Morgan fingerprint density at radius 3 is 2.70 bits per heavy atom. The number of rotatable bonds is 4. The van der Waals surface area contributed by atoms with Gasteiger partial charge in [0.1, 0.15) is 10.7 Å². The molecule has 9 heteroatoms. The number of nitrogens with zero attached hydrogens (tertiary/aromatic N) is 2. The molecule has 20 heavy (non-hydrogen) atoms. The van der Waals surface area contributed by atoms with Gasteiger partial charge in [0.15, 0.2) is 0 Å². The molecule has 0 radical (unpaired) electrons. The Morgan fingerprint density at radius 1 is 1.50 bits per heavy atom. The first-order valence-corrected chi connectivity index (χ1v) is 7.35. The predicted molar refractivity (Wildman–Crippen MR) is 67.0 cm³/mol. The van der Waals surface area contributed by atoms with Crippen LogP contribution in [-0.4, -0.2) is 42.4 Å². The lowest BCUT2D eigenvalue weighted by molar-refractivity contribution is -0.385. The minimum absolute atomic E-state index is 0.120. The van der Waals surface area contributed by atoms with Crippen molar-refractivity contribution in [2.75, 3.05) is 19.7 Å². The largest absolute Gasteiger partial charge is 0.396 e. The van der Waals surface area contributed by atoms with Crippen molar-refractivity contribution in [3.63, 3.8) is 0 Å². The molecule has 0 aliphatic carbocycles. The molecule has 1 aromatic rings. The normalized spacial score (nSPS) is 20.2. The van der Waals surface area contributed by atoms with E-state index in [9.17, 15) is 22.9 Å². The lowest BCUT2D eigenvalue weighted by Gasteiger charge is -2.16. The van der Waals surface area contributed by atoms with Gasteiger partial charge in [-0.1, -0.05) is 0 Å². The van der Waals surface area contributed by atoms with Crippen molar-refractivity contribution in [3.8, 4) is 0 Å². The van der Waals surface area contributed by atoms with E-state index in [0.717, 1.165) is 16.4 Å². The summed E-state index contributed by atoms with van der Waals surface area (Å²) in [6, 6.07) is 2.44. The number of aliphatic hydroxyl groups is 1. The Hall–Kier alpha value is -1.58. The van der Waals surface area contributed by atoms with E-state index in [0.29, 0.717) is 12.5 Å². The molecule has 1 heterocycles. The number of aliphatic hydroxyl groups excluding tert-OH is 1. The number of halogens is 1. The summed E-state index contributed by atoms with van der Waals surface area (Å²) in [7, 11) is -4.03. The van der Waals surface area contributed by atoms with Crippen molar-refractivity contribution < 1.29 is 22.8 Å². The molecule has 0 amide bonds. The van der Waals surface area contributed by atoms with Crippen molar-refractivity contribution in [1.29, 1.82) is 0 Å². The molecule has 1 N–H and O–H groups in total. The maximum atomic E-state index is 13.8. The highest BCUT2D eigenvalue weighted by molar-refractivity contribution is 7.89. The first kappa shape index (κ1) is 14.8. The van der Waals surface area contributed by atoms with Crippen LogP contribution in [0.5, 0.6) is 0 Å². The third-order valence-electron chi connectivity index (χ3n) is 3.25. The maximum Gasteiger partial charge on any atom is 0.272 e. The number of nitro groups is 1. The van der Waals surface area contributed by atoms with Gasteiger partial charge in [-0.3, -0.25) is 10.1 Å². The van der Waals surface area contributed by atoms with Gasteiger partial charge < -0.3 is 5.11 Å². The molecule has 1 aliphatic rings. The van der Waals surface area contributed by atoms with Crippen LogP contribution < -0.4 is 0 Å². The number of benzene rings is 1. The van der Waals surface area contributed by atoms with Crippen molar-refractivity contribution in [1.82, 2.24) is 4.31 Å². The van der Waals surface area contributed by atoms with Gasteiger partial charge in [0.25, 0.3) is 5.69 Å². The summed E-state index contributed by atoms with van der Waals surface area (Å²) in [5, 5.41) is 19.5. The van der Waals surface area contributed by atoms with Gasteiger partial charge >= 0.3 is 0 Å². The van der Waals surface area contributed by atoms with Crippen LogP contribution in [0.1, 0.15) is 6.42 Å². The third kappa shape index (κ3) is 2.65. The van der Waals surface area contributed by atoms with Crippen LogP contribution in [0.3, 0.4) is 0 Å². The molecule has 1 saturated heterocycles. The molecule has 1 aliphatic heterocycles. The average molecular weight is 304 g/mol. The zero-order valence-electron chi connectivity index (χ0n) is 10.4. The predicted octanol–water partition coefficient (Wildman–Crippen LogP) is 0.737. The Morgan fingerprint density at radius 2 is 2.20 bits per heavy atom. The summed E-state index contributed by atoms with van der Waals surface area (Å²) in [5.41, 5.74) is -0.504. The first-order valence-electron chi connectivity index (χ1n) is 5.91.